The lowest BCUT2D eigenvalue weighted by atomic mass is 10.1. The molecule has 21 heavy (non-hydrogen) atoms. The molecule has 0 atom stereocenters. The summed E-state index contributed by atoms with van der Waals surface area (Å²) in [6.45, 7) is 6.00. The number of anilines is 1. The third-order valence-electron chi connectivity index (χ3n) is 2.94. The maximum Gasteiger partial charge on any atom is 0.292 e. The van der Waals surface area contributed by atoms with Crippen molar-refractivity contribution in [2.75, 3.05) is 12.3 Å². The van der Waals surface area contributed by atoms with Gasteiger partial charge in [0.2, 0.25) is 5.82 Å². The first-order valence-corrected chi connectivity index (χ1v) is 6.37. The van der Waals surface area contributed by atoms with Gasteiger partial charge in [-0.25, -0.2) is 0 Å². The summed E-state index contributed by atoms with van der Waals surface area (Å²) in [5, 5.41) is 14.8. The molecule has 2 N–H and O–H groups in total. The van der Waals surface area contributed by atoms with Crippen molar-refractivity contribution >= 4 is 11.4 Å². The molecule has 0 unspecified atom stereocenters. The van der Waals surface area contributed by atoms with Gasteiger partial charge in [0.1, 0.15) is 11.3 Å². The van der Waals surface area contributed by atoms with Gasteiger partial charge in [-0.2, -0.15) is 4.98 Å². The normalized spacial score (nSPS) is 11.6. The van der Waals surface area contributed by atoms with Gasteiger partial charge in [-0.05, 0) is 32.9 Å². The molecule has 0 bridgehead atoms. The maximum absolute atomic E-state index is 10.9. The summed E-state index contributed by atoms with van der Waals surface area (Å²) in [7, 11) is 0. The Kier molecular flexibility index (Phi) is 3.90. The van der Waals surface area contributed by atoms with Gasteiger partial charge in [0.05, 0.1) is 4.92 Å². The van der Waals surface area contributed by atoms with Gasteiger partial charge in [0.15, 0.2) is 0 Å². The first kappa shape index (κ1) is 14.9. The highest BCUT2D eigenvalue weighted by atomic mass is 16.6. The molecule has 0 amide bonds. The SMILES string of the molecule is CCOC(C)(C)c1noc(-c2ccc(N)c([N+](=O)[O-])c2)n1. The van der Waals surface area contributed by atoms with E-state index < -0.39 is 10.5 Å². The van der Waals surface area contributed by atoms with Crippen LogP contribution in [0.5, 0.6) is 0 Å². The molecule has 0 aliphatic rings. The molecule has 8 nitrogen and oxygen atoms in total. The number of aromatic nitrogens is 2. The molecule has 2 aromatic rings. The monoisotopic (exact) mass is 292 g/mol. The lowest BCUT2D eigenvalue weighted by molar-refractivity contribution is -0.383. The van der Waals surface area contributed by atoms with Crippen LogP contribution < -0.4 is 5.73 Å². The smallest absolute Gasteiger partial charge is 0.292 e. The predicted molar refractivity (Wildman–Crippen MR) is 75.5 cm³/mol. The minimum absolute atomic E-state index is 0.0816. The van der Waals surface area contributed by atoms with E-state index in [4.69, 9.17) is 15.0 Å². The molecule has 0 saturated heterocycles. The third-order valence-corrected chi connectivity index (χ3v) is 2.94. The summed E-state index contributed by atoms with van der Waals surface area (Å²) in [4.78, 5) is 14.6. The highest BCUT2D eigenvalue weighted by Crippen LogP contribution is 2.29. The van der Waals surface area contributed by atoms with Crippen LogP contribution in [0.1, 0.15) is 26.6 Å². The molecule has 1 aromatic heterocycles. The molecule has 1 heterocycles. The van der Waals surface area contributed by atoms with E-state index in [0.29, 0.717) is 18.0 Å². The topological polar surface area (TPSA) is 117 Å². The minimum atomic E-state index is -0.698. The fraction of sp³-hybridized carbons (Fsp3) is 0.385. The van der Waals surface area contributed by atoms with Gasteiger partial charge in [-0.3, -0.25) is 10.1 Å². The lowest BCUT2D eigenvalue weighted by Crippen LogP contribution is -2.23. The average Bonchev–Trinajstić information content (AvgIpc) is 2.89. The molecule has 2 rings (SSSR count). The Morgan fingerprint density at radius 3 is 2.81 bits per heavy atom. The van der Waals surface area contributed by atoms with Gasteiger partial charge in [-0.1, -0.05) is 5.16 Å². The van der Waals surface area contributed by atoms with Crippen molar-refractivity contribution in [3.63, 3.8) is 0 Å². The van der Waals surface area contributed by atoms with E-state index in [1.165, 1.54) is 12.1 Å². The molecule has 0 aliphatic heterocycles. The minimum Gasteiger partial charge on any atom is -0.393 e. The molecular weight excluding hydrogens is 276 g/mol. The van der Waals surface area contributed by atoms with Crippen LogP contribution in [0, 0.1) is 10.1 Å². The summed E-state index contributed by atoms with van der Waals surface area (Å²) in [6.07, 6.45) is 0. The summed E-state index contributed by atoms with van der Waals surface area (Å²) < 4.78 is 10.7. The summed E-state index contributed by atoms with van der Waals surface area (Å²) >= 11 is 0. The number of hydrogen-bond donors (Lipinski definition) is 1. The molecule has 0 spiro atoms. The number of rotatable bonds is 5. The van der Waals surface area contributed by atoms with E-state index in [1.54, 1.807) is 6.07 Å². The predicted octanol–water partition coefficient (Wildman–Crippen LogP) is 2.50. The van der Waals surface area contributed by atoms with Crippen LogP contribution in [-0.2, 0) is 10.3 Å². The van der Waals surface area contributed by atoms with Gasteiger partial charge >= 0.3 is 0 Å². The van der Waals surface area contributed by atoms with Crippen molar-refractivity contribution in [1.82, 2.24) is 10.1 Å². The second kappa shape index (κ2) is 5.49. The summed E-state index contributed by atoms with van der Waals surface area (Å²) in [5.74, 6) is 0.555. The highest BCUT2D eigenvalue weighted by Gasteiger charge is 2.28. The quantitative estimate of drug-likeness (QED) is 0.511. The van der Waals surface area contributed by atoms with Gasteiger partial charge in [0, 0.05) is 18.2 Å². The van der Waals surface area contributed by atoms with Crippen LogP contribution in [0.25, 0.3) is 11.5 Å². The fourth-order valence-corrected chi connectivity index (χ4v) is 1.85. The lowest BCUT2D eigenvalue weighted by Gasteiger charge is -2.19. The van der Waals surface area contributed by atoms with Crippen molar-refractivity contribution < 1.29 is 14.2 Å². The Hall–Kier alpha value is -2.48. The largest absolute Gasteiger partial charge is 0.393 e. The van der Waals surface area contributed by atoms with E-state index in [2.05, 4.69) is 10.1 Å². The zero-order valence-corrected chi connectivity index (χ0v) is 12.0. The van der Waals surface area contributed by atoms with E-state index >= 15 is 0 Å². The van der Waals surface area contributed by atoms with Crippen LogP contribution in [0.2, 0.25) is 0 Å². The zero-order valence-electron chi connectivity index (χ0n) is 12.0. The Bertz CT molecular complexity index is 666. The molecule has 0 radical (unpaired) electrons. The molecule has 8 heteroatoms. The van der Waals surface area contributed by atoms with Crippen molar-refractivity contribution in [2.24, 2.45) is 0 Å². The number of nitro groups is 1. The van der Waals surface area contributed by atoms with Crippen molar-refractivity contribution in [3.8, 4) is 11.5 Å². The van der Waals surface area contributed by atoms with E-state index in [1.807, 2.05) is 20.8 Å². The molecule has 1 aromatic carbocycles. The number of ether oxygens (including phenoxy) is 1. The third kappa shape index (κ3) is 3.00. The van der Waals surface area contributed by atoms with Gasteiger partial charge in [0.25, 0.3) is 11.6 Å². The van der Waals surface area contributed by atoms with E-state index in [9.17, 15) is 10.1 Å². The molecule has 112 valence electrons. The van der Waals surface area contributed by atoms with Gasteiger partial charge < -0.3 is 15.0 Å². The first-order chi connectivity index (χ1) is 9.85. The van der Waals surface area contributed by atoms with Crippen molar-refractivity contribution in [3.05, 3.63) is 34.1 Å². The number of nitrogen functional groups attached to an aromatic ring is 1. The van der Waals surface area contributed by atoms with Gasteiger partial charge in [-0.15, -0.1) is 0 Å². The maximum atomic E-state index is 10.9. The molecule has 0 saturated carbocycles. The Morgan fingerprint density at radius 2 is 2.19 bits per heavy atom. The number of nitrogens with two attached hydrogens (primary N) is 1. The zero-order chi connectivity index (χ0) is 15.6. The Morgan fingerprint density at radius 1 is 1.48 bits per heavy atom. The van der Waals surface area contributed by atoms with E-state index in [-0.39, 0.29) is 17.3 Å². The molecule has 0 aliphatic carbocycles. The first-order valence-electron chi connectivity index (χ1n) is 6.37. The molecular formula is C13H16N4O4. The van der Waals surface area contributed by atoms with Crippen LogP contribution in [0.3, 0.4) is 0 Å². The number of hydrogen-bond acceptors (Lipinski definition) is 7. The van der Waals surface area contributed by atoms with E-state index in [0.717, 1.165) is 0 Å². The molecule has 0 fully saturated rings. The van der Waals surface area contributed by atoms with Crippen LogP contribution in [0.15, 0.2) is 22.7 Å². The van der Waals surface area contributed by atoms with Crippen LogP contribution in [-0.4, -0.2) is 21.7 Å². The second-order valence-electron chi connectivity index (χ2n) is 4.90. The summed E-state index contributed by atoms with van der Waals surface area (Å²) in [5.41, 5.74) is 5.17. The fourth-order valence-electron chi connectivity index (χ4n) is 1.85. The van der Waals surface area contributed by atoms with Crippen molar-refractivity contribution in [1.29, 1.82) is 0 Å². The average molecular weight is 292 g/mol. The Labute approximate surface area is 121 Å². The van der Waals surface area contributed by atoms with Crippen LogP contribution in [0.4, 0.5) is 11.4 Å². The van der Waals surface area contributed by atoms with Crippen molar-refractivity contribution in [2.45, 2.75) is 26.4 Å². The highest BCUT2D eigenvalue weighted by molar-refractivity contribution is 5.67. The standard InChI is InChI=1S/C13H16N4O4/c1-4-20-13(2,3)12-15-11(21-16-12)8-5-6-9(14)10(7-8)17(18)19/h5-7H,4,14H2,1-3H3. The number of benzene rings is 1. The second-order valence-corrected chi connectivity index (χ2v) is 4.90. The van der Waals surface area contributed by atoms with Crippen LogP contribution >= 0.6 is 0 Å². The number of nitrogens with zero attached hydrogens (tertiary/aromatic N) is 3. The number of nitro benzene ring substituents is 1. The summed E-state index contributed by atoms with van der Waals surface area (Å²) in [6, 6.07) is 4.33. The Balaban J connectivity index is 2.38.